The Morgan fingerprint density at radius 3 is 2.00 bits per heavy atom. The molecule has 0 heterocycles. The third-order valence-electron chi connectivity index (χ3n) is 3.10. The van der Waals surface area contributed by atoms with Crippen LogP contribution in [0.4, 0.5) is 0 Å². The zero-order valence-corrected chi connectivity index (χ0v) is 11.0. The van der Waals surface area contributed by atoms with Crippen LogP contribution in [0, 0.1) is 5.92 Å². The standard InChI is InChI=1S/C15H20O2/c1-5-11(4)12-6-8-13(9-7-12)15(17)14(16)10(2)3/h6-11H,5H2,1-4H3. The topological polar surface area (TPSA) is 34.1 Å². The molecule has 0 amide bonds. The van der Waals surface area contributed by atoms with Gasteiger partial charge in [0.2, 0.25) is 11.6 Å². The molecule has 0 saturated heterocycles. The van der Waals surface area contributed by atoms with E-state index in [0.717, 1.165) is 6.42 Å². The SMILES string of the molecule is CCC(C)c1ccc(C(=O)C(=O)C(C)C)cc1. The molecular weight excluding hydrogens is 212 g/mol. The lowest BCUT2D eigenvalue weighted by Crippen LogP contribution is -2.19. The van der Waals surface area contributed by atoms with Crippen molar-refractivity contribution in [2.75, 3.05) is 0 Å². The molecule has 0 radical (unpaired) electrons. The lowest BCUT2D eigenvalue weighted by atomic mass is 9.94. The number of hydrogen-bond donors (Lipinski definition) is 0. The fourth-order valence-electron chi connectivity index (χ4n) is 1.60. The number of ketones is 2. The highest BCUT2D eigenvalue weighted by Gasteiger charge is 2.19. The third-order valence-corrected chi connectivity index (χ3v) is 3.10. The molecule has 0 spiro atoms. The number of benzene rings is 1. The van der Waals surface area contributed by atoms with Crippen LogP contribution in [0.5, 0.6) is 0 Å². The summed E-state index contributed by atoms with van der Waals surface area (Å²) in [4.78, 5) is 23.4. The van der Waals surface area contributed by atoms with Gasteiger partial charge in [-0.25, -0.2) is 0 Å². The minimum absolute atomic E-state index is 0.239. The number of Topliss-reactive ketones (excluding diaryl/α,β-unsaturated/α-hetero) is 2. The molecular formula is C15H20O2. The van der Waals surface area contributed by atoms with Crippen LogP contribution in [0.3, 0.4) is 0 Å². The molecule has 0 aliphatic carbocycles. The highest BCUT2D eigenvalue weighted by Crippen LogP contribution is 2.19. The van der Waals surface area contributed by atoms with E-state index in [-0.39, 0.29) is 17.5 Å². The molecule has 17 heavy (non-hydrogen) atoms. The summed E-state index contributed by atoms with van der Waals surface area (Å²) in [5.41, 5.74) is 1.71. The van der Waals surface area contributed by atoms with Gasteiger partial charge in [0.1, 0.15) is 0 Å². The predicted molar refractivity (Wildman–Crippen MR) is 69.3 cm³/mol. The van der Waals surface area contributed by atoms with Crippen molar-refractivity contribution in [2.24, 2.45) is 5.92 Å². The summed E-state index contributed by atoms with van der Waals surface area (Å²) in [6.07, 6.45) is 1.07. The molecule has 2 heteroatoms. The van der Waals surface area contributed by atoms with E-state index in [2.05, 4.69) is 13.8 Å². The summed E-state index contributed by atoms with van der Waals surface area (Å²) in [6, 6.07) is 7.39. The van der Waals surface area contributed by atoms with Gasteiger partial charge in [0, 0.05) is 11.5 Å². The van der Waals surface area contributed by atoms with Crippen LogP contribution in [-0.2, 0) is 4.79 Å². The fourth-order valence-corrected chi connectivity index (χ4v) is 1.60. The molecule has 1 aromatic rings. The van der Waals surface area contributed by atoms with E-state index in [9.17, 15) is 9.59 Å². The maximum Gasteiger partial charge on any atom is 0.228 e. The number of hydrogen-bond acceptors (Lipinski definition) is 2. The van der Waals surface area contributed by atoms with Crippen molar-refractivity contribution in [3.05, 3.63) is 35.4 Å². The van der Waals surface area contributed by atoms with Crippen LogP contribution in [-0.4, -0.2) is 11.6 Å². The van der Waals surface area contributed by atoms with Gasteiger partial charge in [0.25, 0.3) is 0 Å². The number of rotatable bonds is 5. The lowest BCUT2D eigenvalue weighted by Gasteiger charge is -2.09. The second-order valence-corrected chi connectivity index (χ2v) is 4.78. The predicted octanol–water partition coefficient (Wildman–Crippen LogP) is 3.61. The molecule has 0 N–H and O–H groups in total. The van der Waals surface area contributed by atoms with Crippen LogP contribution in [0.25, 0.3) is 0 Å². The van der Waals surface area contributed by atoms with Crippen LogP contribution in [0.1, 0.15) is 56.0 Å². The van der Waals surface area contributed by atoms with Crippen molar-refractivity contribution in [3.8, 4) is 0 Å². The summed E-state index contributed by atoms with van der Waals surface area (Å²) in [6.45, 7) is 7.77. The number of carbonyl (C=O) groups is 2. The number of carbonyl (C=O) groups excluding carboxylic acids is 2. The van der Waals surface area contributed by atoms with E-state index < -0.39 is 0 Å². The van der Waals surface area contributed by atoms with Gasteiger partial charge in [-0.2, -0.15) is 0 Å². The van der Waals surface area contributed by atoms with E-state index in [1.54, 1.807) is 26.0 Å². The quantitative estimate of drug-likeness (QED) is 0.574. The lowest BCUT2D eigenvalue weighted by molar-refractivity contribution is -0.117. The first-order valence-corrected chi connectivity index (χ1v) is 6.15. The minimum Gasteiger partial charge on any atom is -0.290 e. The Kier molecular flexibility index (Phi) is 4.62. The Bertz CT molecular complexity index is 401. The Morgan fingerprint density at radius 2 is 1.59 bits per heavy atom. The van der Waals surface area contributed by atoms with Crippen LogP contribution < -0.4 is 0 Å². The van der Waals surface area contributed by atoms with Crippen molar-refractivity contribution in [3.63, 3.8) is 0 Å². The molecule has 92 valence electrons. The van der Waals surface area contributed by atoms with Crippen LogP contribution >= 0.6 is 0 Å². The van der Waals surface area contributed by atoms with E-state index in [0.29, 0.717) is 11.5 Å². The van der Waals surface area contributed by atoms with Crippen LogP contribution in [0.15, 0.2) is 24.3 Å². The Hall–Kier alpha value is -1.44. The van der Waals surface area contributed by atoms with Gasteiger partial charge in [-0.3, -0.25) is 9.59 Å². The van der Waals surface area contributed by atoms with Gasteiger partial charge in [0.05, 0.1) is 0 Å². The van der Waals surface area contributed by atoms with Crippen molar-refractivity contribution >= 4 is 11.6 Å². The van der Waals surface area contributed by atoms with Crippen molar-refractivity contribution in [2.45, 2.75) is 40.0 Å². The third kappa shape index (κ3) is 3.26. The Balaban J connectivity index is 2.88. The molecule has 1 rings (SSSR count). The maximum absolute atomic E-state index is 11.8. The van der Waals surface area contributed by atoms with E-state index in [1.807, 2.05) is 12.1 Å². The molecule has 2 nitrogen and oxygen atoms in total. The molecule has 0 fully saturated rings. The first-order valence-electron chi connectivity index (χ1n) is 6.15. The summed E-state index contributed by atoms with van der Waals surface area (Å²) in [5.74, 6) is -0.450. The van der Waals surface area contributed by atoms with Gasteiger partial charge < -0.3 is 0 Å². The first kappa shape index (κ1) is 13.6. The minimum atomic E-state index is -0.379. The molecule has 0 aliphatic heterocycles. The normalized spacial score (nSPS) is 12.5. The fraction of sp³-hybridized carbons (Fsp3) is 0.467. The Labute approximate surface area is 103 Å². The van der Waals surface area contributed by atoms with Gasteiger partial charge in [-0.15, -0.1) is 0 Å². The molecule has 1 unspecified atom stereocenters. The van der Waals surface area contributed by atoms with Gasteiger partial charge >= 0.3 is 0 Å². The van der Waals surface area contributed by atoms with E-state index in [1.165, 1.54) is 5.56 Å². The average molecular weight is 232 g/mol. The van der Waals surface area contributed by atoms with E-state index >= 15 is 0 Å². The van der Waals surface area contributed by atoms with Gasteiger partial charge in [-0.1, -0.05) is 52.0 Å². The molecule has 1 atom stereocenters. The molecule has 0 bridgehead atoms. The van der Waals surface area contributed by atoms with Gasteiger partial charge in [-0.05, 0) is 17.9 Å². The highest BCUT2D eigenvalue weighted by molar-refractivity contribution is 6.44. The van der Waals surface area contributed by atoms with Crippen molar-refractivity contribution < 1.29 is 9.59 Å². The molecule has 0 aliphatic rings. The average Bonchev–Trinajstić information content (AvgIpc) is 2.36. The summed E-state index contributed by atoms with van der Waals surface area (Å²) >= 11 is 0. The maximum atomic E-state index is 11.8. The molecule has 1 aromatic carbocycles. The highest BCUT2D eigenvalue weighted by atomic mass is 16.2. The molecule has 0 aromatic heterocycles. The van der Waals surface area contributed by atoms with Crippen molar-refractivity contribution in [1.82, 2.24) is 0 Å². The Morgan fingerprint density at radius 1 is 1.06 bits per heavy atom. The monoisotopic (exact) mass is 232 g/mol. The zero-order valence-electron chi connectivity index (χ0n) is 11.0. The second kappa shape index (κ2) is 5.76. The summed E-state index contributed by atoms with van der Waals surface area (Å²) in [7, 11) is 0. The largest absolute Gasteiger partial charge is 0.290 e. The summed E-state index contributed by atoms with van der Waals surface area (Å²) in [5, 5.41) is 0. The first-order chi connectivity index (χ1) is 7.97. The zero-order chi connectivity index (χ0) is 13.0. The molecule has 0 saturated carbocycles. The second-order valence-electron chi connectivity index (χ2n) is 4.78. The summed E-state index contributed by atoms with van der Waals surface area (Å²) < 4.78 is 0. The van der Waals surface area contributed by atoms with Crippen molar-refractivity contribution in [1.29, 1.82) is 0 Å². The van der Waals surface area contributed by atoms with E-state index in [4.69, 9.17) is 0 Å². The van der Waals surface area contributed by atoms with Gasteiger partial charge in [0.15, 0.2) is 0 Å². The van der Waals surface area contributed by atoms with Crippen LogP contribution in [0.2, 0.25) is 0 Å². The smallest absolute Gasteiger partial charge is 0.228 e.